The molecular weight excluding hydrogens is 280 g/mol. The maximum absolute atomic E-state index is 11.0. The Labute approximate surface area is 108 Å². The number of hydrogen-bond acceptors (Lipinski definition) is 1. The van der Waals surface area contributed by atoms with Gasteiger partial charge in [-0.15, -0.1) is 0 Å². The number of carboxylic acids is 1. The zero-order valence-corrected chi connectivity index (χ0v) is 10.9. The van der Waals surface area contributed by atoms with Crippen LogP contribution in [0, 0.1) is 6.92 Å². The molecule has 0 aliphatic carbocycles. The molecule has 3 heteroatoms. The predicted molar refractivity (Wildman–Crippen MR) is 71.3 cm³/mol. The Hall–Kier alpha value is -1.61. The molecule has 0 aliphatic heterocycles. The van der Waals surface area contributed by atoms with Crippen molar-refractivity contribution in [3.63, 3.8) is 0 Å². The first-order chi connectivity index (χ1) is 8.08. The Kier molecular flexibility index (Phi) is 3.29. The van der Waals surface area contributed by atoms with Crippen molar-refractivity contribution in [3.05, 3.63) is 58.1 Å². The van der Waals surface area contributed by atoms with Crippen molar-refractivity contribution in [2.24, 2.45) is 0 Å². The fourth-order valence-corrected chi connectivity index (χ4v) is 2.11. The van der Waals surface area contributed by atoms with Crippen LogP contribution in [-0.4, -0.2) is 11.1 Å². The maximum Gasteiger partial charge on any atom is 0.336 e. The average molecular weight is 291 g/mol. The fraction of sp³-hybridized carbons (Fsp3) is 0.0714. The highest BCUT2D eigenvalue weighted by molar-refractivity contribution is 9.10. The number of benzene rings is 2. The maximum atomic E-state index is 11.0. The molecule has 17 heavy (non-hydrogen) atoms. The highest BCUT2D eigenvalue weighted by atomic mass is 79.9. The highest BCUT2D eigenvalue weighted by Gasteiger charge is 2.09. The minimum Gasteiger partial charge on any atom is -0.478 e. The molecule has 0 aliphatic rings. The lowest BCUT2D eigenvalue weighted by Gasteiger charge is -2.05. The molecule has 1 N–H and O–H groups in total. The first kappa shape index (κ1) is 11.9. The molecule has 0 amide bonds. The molecule has 0 bridgehead atoms. The first-order valence-electron chi connectivity index (χ1n) is 5.18. The summed E-state index contributed by atoms with van der Waals surface area (Å²) in [5, 5.41) is 9.06. The summed E-state index contributed by atoms with van der Waals surface area (Å²) < 4.78 is 0.599. The van der Waals surface area contributed by atoms with Crippen molar-refractivity contribution >= 4 is 21.9 Å². The van der Waals surface area contributed by atoms with Gasteiger partial charge in [-0.3, -0.25) is 0 Å². The molecule has 2 aromatic rings. The van der Waals surface area contributed by atoms with Gasteiger partial charge in [-0.05, 0) is 46.1 Å². The van der Waals surface area contributed by atoms with Crippen molar-refractivity contribution in [1.82, 2.24) is 0 Å². The van der Waals surface area contributed by atoms with Gasteiger partial charge in [0.2, 0.25) is 0 Å². The Bertz CT molecular complexity index is 576. The van der Waals surface area contributed by atoms with Crippen molar-refractivity contribution in [3.8, 4) is 11.1 Å². The molecule has 86 valence electrons. The van der Waals surface area contributed by atoms with E-state index in [9.17, 15) is 4.79 Å². The average Bonchev–Trinajstić information content (AvgIpc) is 2.29. The Balaban J connectivity index is 2.54. The van der Waals surface area contributed by atoms with Crippen LogP contribution in [0.25, 0.3) is 11.1 Å². The summed E-state index contributed by atoms with van der Waals surface area (Å²) in [5.74, 6) is -0.925. The van der Waals surface area contributed by atoms with Crippen LogP contribution in [0.4, 0.5) is 0 Å². The third-order valence-electron chi connectivity index (χ3n) is 2.55. The SMILES string of the molecule is Cc1cccc(-c2ccc(Br)c(C(=O)O)c2)c1. The van der Waals surface area contributed by atoms with Crippen LogP contribution in [-0.2, 0) is 0 Å². The van der Waals surface area contributed by atoms with Gasteiger partial charge >= 0.3 is 5.97 Å². The van der Waals surface area contributed by atoms with Crippen molar-refractivity contribution in [1.29, 1.82) is 0 Å². The van der Waals surface area contributed by atoms with Crippen molar-refractivity contribution in [2.45, 2.75) is 6.92 Å². The fourth-order valence-electron chi connectivity index (χ4n) is 1.69. The van der Waals surface area contributed by atoms with E-state index in [-0.39, 0.29) is 5.56 Å². The van der Waals surface area contributed by atoms with Crippen LogP contribution in [0.15, 0.2) is 46.9 Å². The van der Waals surface area contributed by atoms with E-state index in [2.05, 4.69) is 15.9 Å². The molecule has 0 heterocycles. The van der Waals surface area contributed by atoms with E-state index in [0.29, 0.717) is 4.47 Å². The lowest BCUT2D eigenvalue weighted by Crippen LogP contribution is -1.97. The second-order valence-corrected chi connectivity index (χ2v) is 4.72. The molecule has 0 atom stereocenters. The lowest BCUT2D eigenvalue weighted by molar-refractivity contribution is 0.0696. The molecule has 0 aromatic heterocycles. The summed E-state index contributed by atoms with van der Waals surface area (Å²) in [5.41, 5.74) is 3.38. The largest absolute Gasteiger partial charge is 0.478 e. The topological polar surface area (TPSA) is 37.3 Å². The molecule has 0 unspecified atom stereocenters. The number of halogens is 1. The normalized spacial score (nSPS) is 10.2. The van der Waals surface area contributed by atoms with Gasteiger partial charge in [0, 0.05) is 4.47 Å². The summed E-state index contributed by atoms with van der Waals surface area (Å²) >= 11 is 3.24. The molecule has 2 nitrogen and oxygen atoms in total. The summed E-state index contributed by atoms with van der Waals surface area (Å²) in [6.07, 6.45) is 0. The predicted octanol–water partition coefficient (Wildman–Crippen LogP) is 4.12. The van der Waals surface area contributed by atoms with Gasteiger partial charge < -0.3 is 5.11 Å². The summed E-state index contributed by atoms with van der Waals surface area (Å²) in [7, 11) is 0. The van der Waals surface area contributed by atoms with E-state index < -0.39 is 5.97 Å². The zero-order valence-electron chi connectivity index (χ0n) is 9.27. The monoisotopic (exact) mass is 290 g/mol. The number of carboxylic acid groups (broad SMARTS) is 1. The minimum atomic E-state index is -0.925. The third-order valence-corrected chi connectivity index (χ3v) is 3.24. The van der Waals surface area contributed by atoms with Gasteiger partial charge in [0.1, 0.15) is 0 Å². The van der Waals surface area contributed by atoms with Crippen LogP contribution in [0.1, 0.15) is 15.9 Å². The van der Waals surface area contributed by atoms with Gasteiger partial charge in [-0.1, -0.05) is 35.9 Å². The van der Waals surface area contributed by atoms with Gasteiger partial charge in [0.05, 0.1) is 5.56 Å². The molecule has 0 spiro atoms. The summed E-state index contributed by atoms with van der Waals surface area (Å²) in [4.78, 5) is 11.0. The van der Waals surface area contributed by atoms with E-state index >= 15 is 0 Å². The second-order valence-electron chi connectivity index (χ2n) is 3.87. The number of carbonyl (C=O) groups is 1. The van der Waals surface area contributed by atoms with Gasteiger partial charge in [0.25, 0.3) is 0 Å². The molecule has 2 aromatic carbocycles. The smallest absolute Gasteiger partial charge is 0.336 e. The Morgan fingerprint density at radius 2 is 1.82 bits per heavy atom. The van der Waals surface area contributed by atoms with Crippen molar-refractivity contribution in [2.75, 3.05) is 0 Å². The third kappa shape index (κ3) is 2.56. The zero-order chi connectivity index (χ0) is 12.4. The van der Waals surface area contributed by atoms with Crippen LogP contribution in [0.2, 0.25) is 0 Å². The molecule has 0 radical (unpaired) electrons. The Morgan fingerprint density at radius 1 is 1.12 bits per heavy atom. The summed E-state index contributed by atoms with van der Waals surface area (Å²) in [6.45, 7) is 2.01. The van der Waals surface area contributed by atoms with Gasteiger partial charge in [-0.25, -0.2) is 4.79 Å². The molecule has 0 saturated heterocycles. The summed E-state index contributed by atoms with van der Waals surface area (Å²) in [6, 6.07) is 13.3. The van der Waals surface area contributed by atoms with E-state index in [1.54, 1.807) is 12.1 Å². The van der Waals surface area contributed by atoms with E-state index in [1.165, 1.54) is 0 Å². The molecule has 2 rings (SSSR count). The van der Waals surface area contributed by atoms with E-state index in [0.717, 1.165) is 16.7 Å². The van der Waals surface area contributed by atoms with Crippen LogP contribution in [0.3, 0.4) is 0 Å². The van der Waals surface area contributed by atoms with E-state index in [4.69, 9.17) is 5.11 Å². The van der Waals surface area contributed by atoms with Gasteiger partial charge in [0.15, 0.2) is 0 Å². The minimum absolute atomic E-state index is 0.281. The number of hydrogen-bond donors (Lipinski definition) is 1. The van der Waals surface area contributed by atoms with Gasteiger partial charge in [-0.2, -0.15) is 0 Å². The van der Waals surface area contributed by atoms with E-state index in [1.807, 2.05) is 37.3 Å². The van der Waals surface area contributed by atoms with Crippen LogP contribution >= 0.6 is 15.9 Å². The molecular formula is C14H11BrO2. The standard InChI is InChI=1S/C14H11BrO2/c1-9-3-2-4-10(7-9)11-5-6-13(15)12(8-11)14(16)17/h2-8H,1H3,(H,16,17). The molecule has 0 fully saturated rings. The molecule has 0 saturated carbocycles. The second kappa shape index (κ2) is 4.72. The van der Waals surface area contributed by atoms with Crippen LogP contribution < -0.4 is 0 Å². The van der Waals surface area contributed by atoms with Crippen LogP contribution in [0.5, 0.6) is 0 Å². The first-order valence-corrected chi connectivity index (χ1v) is 5.97. The quantitative estimate of drug-likeness (QED) is 0.903. The number of aryl methyl sites for hydroxylation is 1. The highest BCUT2D eigenvalue weighted by Crippen LogP contribution is 2.26. The lowest BCUT2D eigenvalue weighted by atomic mass is 10.0. The Morgan fingerprint density at radius 3 is 2.47 bits per heavy atom. The number of rotatable bonds is 2. The number of aromatic carboxylic acids is 1. The van der Waals surface area contributed by atoms with Crippen molar-refractivity contribution < 1.29 is 9.90 Å².